The molecule has 0 atom stereocenters. The molecule has 0 aromatic carbocycles. The van der Waals surface area contributed by atoms with Crippen LogP contribution in [0.15, 0.2) is 16.8 Å². The second kappa shape index (κ2) is 5.37. The number of alkyl halides is 3. The summed E-state index contributed by atoms with van der Waals surface area (Å²) in [5, 5.41) is 3.79. The summed E-state index contributed by atoms with van der Waals surface area (Å²) in [5.74, 6) is -2.59. The van der Waals surface area contributed by atoms with Gasteiger partial charge in [0.2, 0.25) is 17.5 Å². The van der Waals surface area contributed by atoms with Gasteiger partial charge in [-0.3, -0.25) is 4.79 Å². The Morgan fingerprint density at radius 1 is 1.35 bits per heavy atom. The Morgan fingerprint density at radius 3 is 2.65 bits per heavy atom. The fourth-order valence-corrected chi connectivity index (χ4v) is 1.70. The van der Waals surface area contributed by atoms with Gasteiger partial charge in [-0.15, -0.1) is 0 Å². The fourth-order valence-electron chi connectivity index (χ4n) is 1.24. The van der Waals surface area contributed by atoms with Crippen LogP contribution in [0.25, 0.3) is 11.5 Å². The zero-order valence-electron chi connectivity index (χ0n) is 9.41. The van der Waals surface area contributed by atoms with Gasteiger partial charge in [-0.25, -0.2) is 4.98 Å². The molecule has 20 heavy (non-hydrogen) atoms. The normalized spacial score (nSPS) is 11.7. The number of hydrogen-bond acceptors (Lipinski definition) is 5. The zero-order valence-corrected chi connectivity index (χ0v) is 10.9. The van der Waals surface area contributed by atoms with Gasteiger partial charge >= 0.3 is 6.18 Å². The minimum absolute atomic E-state index is 0.0884. The molecule has 0 spiro atoms. The molecule has 0 N–H and O–H groups in total. The van der Waals surface area contributed by atoms with E-state index in [1.807, 2.05) is 0 Å². The smallest absolute Gasteiger partial charge is 0.338 e. The molecular formula is C10H4Cl2F3N3O2. The van der Waals surface area contributed by atoms with Gasteiger partial charge in [0.15, 0.2) is 0 Å². The van der Waals surface area contributed by atoms with Crippen LogP contribution in [0.1, 0.15) is 5.89 Å². The first kappa shape index (κ1) is 14.7. The third-order valence-corrected chi connectivity index (χ3v) is 2.61. The number of Topliss-reactive ketones (excluding diaryl/α,β-unsaturated/α-hetero) is 1. The Morgan fingerprint density at radius 2 is 2.05 bits per heavy atom. The van der Waals surface area contributed by atoms with Crippen LogP contribution in [0, 0.1) is 0 Å². The molecule has 0 bridgehead atoms. The van der Waals surface area contributed by atoms with Crippen molar-refractivity contribution in [1.29, 1.82) is 0 Å². The second-order valence-corrected chi connectivity index (χ2v) is 4.44. The predicted molar refractivity (Wildman–Crippen MR) is 62.3 cm³/mol. The number of hydrogen-bond donors (Lipinski definition) is 0. The first-order valence-electron chi connectivity index (χ1n) is 5.01. The van der Waals surface area contributed by atoms with E-state index in [0.717, 1.165) is 0 Å². The molecule has 2 aromatic heterocycles. The Bertz CT molecular complexity index is 657. The maximum atomic E-state index is 12.1. The summed E-state index contributed by atoms with van der Waals surface area (Å²) in [4.78, 5) is 18.2. The van der Waals surface area contributed by atoms with Crippen LogP contribution in [0.5, 0.6) is 0 Å². The fraction of sp³-hybridized carbons (Fsp3) is 0.200. The highest BCUT2D eigenvalue weighted by Crippen LogP contribution is 2.26. The molecule has 0 fully saturated rings. The topological polar surface area (TPSA) is 68.9 Å². The van der Waals surface area contributed by atoms with Crippen molar-refractivity contribution in [2.24, 2.45) is 0 Å². The van der Waals surface area contributed by atoms with Gasteiger partial charge in [0, 0.05) is 6.20 Å². The van der Waals surface area contributed by atoms with Gasteiger partial charge in [-0.05, 0) is 6.07 Å². The van der Waals surface area contributed by atoms with Crippen molar-refractivity contribution in [2.45, 2.75) is 12.6 Å². The number of rotatable bonds is 3. The molecule has 0 amide bonds. The lowest BCUT2D eigenvalue weighted by atomic mass is 10.3. The van der Waals surface area contributed by atoms with Crippen molar-refractivity contribution in [3.63, 3.8) is 0 Å². The molecule has 10 heteroatoms. The third kappa shape index (κ3) is 3.26. The zero-order chi connectivity index (χ0) is 14.9. The number of ketones is 1. The quantitative estimate of drug-likeness (QED) is 0.867. The van der Waals surface area contributed by atoms with E-state index in [1.54, 1.807) is 0 Å². The first-order valence-corrected chi connectivity index (χ1v) is 5.77. The van der Waals surface area contributed by atoms with Crippen LogP contribution in [0.3, 0.4) is 0 Å². The molecular weight excluding hydrogens is 322 g/mol. The Balaban J connectivity index is 2.23. The highest BCUT2D eigenvalue weighted by atomic mass is 35.5. The van der Waals surface area contributed by atoms with E-state index in [2.05, 4.69) is 19.6 Å². The minimum atomic E-state index is -4.95. The molecule has 0 saturated carbocycles. The molecule has 0 saturated heterocycles. The number of pyridine rings is 1. The van der Waals surface area contributed by atoms with Crippen molar-refractivity contribution in [3.05, 3.63) is 28.2 Å². The monoisotopic (exact) mass is 325 g/mol. The summed E-state index contributed by atoms with van der Waals surface area (Å²) in [6.07, 6.45) is -4.73. The molecule has 106 valence electrons. The molecule has 2 rings (SSSR count). The summed E-state index contributed by atoms with van der Waals surface area (Å²) >= 11 is 11.5. The molecule has 5 nitrogen and oxygen atoms in total. The lowest BCUT2D eigenvalue weighted by molar-refractivity contribution is -0.170. The van der Waals surface area contributed by atoms with E-state index in [0.29, 0.717) is 0 Å². The molecule has 2 heterocycles. The second-order valence-electron chi connectivity index (χ2n) is 3.59. The van der Waals surface area contributed by atoms with Crippen LogP contribution >= 0.6 is 23.2 Å². The highest BCUT2D eigenvalue weighted by molar-refractivity contribution is 6.35. The summed E-state index contributed by atoms with van der Waals surface area (Å²) in [6.45, 7) is 0. The Kier molecular flexibility index (Phi) is 3.96. The van der Waals surface area contributed by atoms with Gasteiger partial charge in [0.1, 0.15) is 5.69 Å². The van der Waals surface area contributed by atoms with Crippen molar-refractivity contribution in [1.82, 2.24) is 15.1 Å². The lowest BCUT2D eigenvalue weighted by Crippen LogP contribution is -2.24. The van der Waals surface area contributed by atoms with Crippen LogP contribution in [-0.4, -0.2) is 27.1 Å². The van der Waals surface area contributed by atoms with E-state index in [9.17, 15) is 18.0 Å². The van der Waals surface area contributed by atoms with Crippen LogP contribution in [0.4, 0.5) is 13.2 Å². The van der Waals surface area contributed by atoms with Crippen LogP contribution in [-0.2, 0) is 11.2 Å². The molecule has 0 aliphatic rings. The van der Waals surface area contributed by atoms with Gasteiger partial charge in [0.25, 0.3) is 0 Å². The first-order chi connectivity index (χ1) is 9.27. The third-order valence-electron chi connectivity index (χ3n) is 2.12. The van der Waals surface area contributed by atoms with Crippen molar-refractivity contribution in [3.8, 4) is 11.5 Å². The number of nitrogens with zero attached hydrogens (tertiary/aromatic N) is 3. The van der Waals surface area contributed by atoms with Gasteiger partial charge < -0.3 is 4.52 Å². The van der Waals surface area contributed by atoms with Crippen LogP contribution in [0.2, 0.25) is 10.0 Å². The highest BCUT2D eigenvalue weighted by Gasteiger charge is 2.39. The standard InChI is InChI=1S/C10H4Cl2F3N3O2/c11-4-1-5(12)8(16-3-4)9-17-7(20-18-9)2-6(19)10(13,14)15/h1,3H,2H2. The molecule has 0 aliphatic heterocycles. The predicted octanol–water partition coefficient (Wildman–Crippen LogP) is 3.11. The van der Waals surface area contributed by atoms with Crippen molar-refractivity contribution >= 4 is 29.0 Å². The number of carbonyl (C=O) groups is 1. The maximum absolute atomic E-state index is 12.1. The number of halogens is 5. The SMILES string of the molecule is O=C(Cc1nc(-c2ncc(Cl)cc2Cl)no1)C(F)(F)F. The Labute approximate surface area is 119 Å². The van der Waals surface area contributed by atoms with E-state index in [1.165, 1.54) is 12.3 Å². The van der Waals surface area contributed by atoms with E-state index in [4.69, 9.17) is 23.2 Å². The summed E-state index contributed by atoms with van der Waals surface area (Å²) < 4.78 is 40.8. The lowest BCUT2D eigenvalue weighted by Gasteiger charge is -2.00. The molecule has 2 aromatic rings. The van der Waals surface area contributed by atoms with Crippen molar-refractivity contribution < 1.29 is 22.5 Å². The average molecular weight is 326 g/mol. The minimum Gasteiger partial charge on any atom is -0.338 e. The largest absolute Gasteiger partial charge is 0.450 e. The summed E-state index contributed by atoms with van der Waals surface area (Å²) in [6, 6.07) is 1.36. The maximum Gasteiger partial charge on any atom is 0.450 e. The number of aromatic nitrogens is 3. The molecule has 0 unspecified atom stereocenters. The van der Waals surface area contributed by atoms with Gasteiger partial charge in [-0.2, -0.15) is 18.2 Å². The molecule has 0 radical (unpaired) electrons. The van der Waals surface area contributed by atoms with Crippen molar-refractivity contribution in [2.75, 3.05) is 0 Å². The Hall–Kier alpha value is -1.67. The van der Waals surface area contributed by atoms with Crippen LogP contribution < -0.4 is 0 Å². The summed E-state index contributed by atoms with van der Waals surface area (Å²) in [5.41, 5.74) is 0.0884. The van der Waals surface area contributed by atoms with E-state index in [-0.39, 0.29) is 21.6 Å². The number of carbonyl (C=O) groups excluding carboxylic acids is 1. The van der Waals surface area contributed by atoms with Gasteiger partial charge in [0.05, 0.1) is 16.5 Å². The molecule has 0 aliphatic carbocycles. The average Bonchev–Trinajstić information content (AvgIpc) is 2.76. The van der Waals surface area contributed by atoms with Gasteiger partial charge in [-0.1, -0.05) is 28.4 Å². The van der Waals surface area contributed by atoms with E-state index < -0.39 is 24.3 Å². The van der Waals surface area contributed by atoms with E-state index >= 15 is 0 Å². The summed E-state index contributed by atoms with van der Waals surface area (Å²) in [7, 11) is 0.